The van der Waals surface area contributed by atoms with Crippen LogP contribution in [0.25, 0.3) is 0 Å². The van der Waals surface area contributed by atoms with Crippen molar-refractivity contribution in [3.05, 3.63) is 29.3 Å². The van der Waals surface area contributed by atoms with Gasteiger partial charge in [-0.3, -0.25) is 4.90 Å². The van der Waals surface area contributed by atoms with Crippen molar-refractivity contribution in [3.63, 3.8) is 0 Å². The van der Waals surface area contributed by atoms with Crippen LogP contribution in [-0.2, 0) is 6.42 Å². The molecule has 130 valence electrons. The normalized spacial score (nSPS) is 29.4. The van der Waals surface area contributed by atoms with E-state index in [-0.39, 0.29) is 6.03 Å². The smallest absolute Gasteiger partial charge is 0.319 e. The van der Waals surface area contributed by atoms with E-state index in [4.69, 9.17) is 0 Å². The molecule has 2 amide bonds. The van der Waals surface area contributed by atoms with E-state index in [2.05, 4.69) is 15.9 Å². The number of amides is 2. The minimum atomic E-state index is 0.153. The highest BCUT2D eigenvalue weighted by molar-refractivity contribution is 5.74. The third kappa shape index (κ3) is 2.55. The molecular weight excluding hydrogens is 302 g/mol. The summed E-state index contributed by atoms with van der Waals surface area (Å²) in [5.41, 5.74) is 2.62. The van der Waals surface area contributed by atoms with Gasteiger partial charge in [0.2, 0.25) is 0 Å². The lowest BCUT2D eigenvalue weighted by Crippen LogP contribution is -2.59. The number of aromatic hydroxyl groups is 1. The number of hydrogen-bond acceptors (Lipinski definition) is 3. The van der Waals surface area contributed by atoms with Gasteiger partial charge in [-0.25, -0.2) is 4.79 Å². The summed E-state index contributed by atoms with van der Waals surface area (Å²) in [4.78, 5) is 19.0. The summed E-state index contributed by atoms with van der Waals surface area (Å²) in [5.74, 6) is 0.954. The molecule has 3 aliphatic rings. The second-order valence-electron chi connectivity index (χ2n) is 7.72. The predicted molar refractivity (Wildman–Crippen MR) is 93.0 cm³/mol. The molecule has 3 aliphatic heterocycles. The van der Waals surface area contributed by atoms with Crippen molar-refractivity contribution in [2.75, 3.05) is 33.7 Å². The zero-order chi connectivity index (χ0) is 16.8. The van der Waals surface area contributed by atoms with Gasteiger partial charge in [0.1, 0.15) is 5.75 Å². The summed E-state index contributed by atoms with van der Waals surface area (Å²) in [6.45, 7) is 3.03. The zero-order valence-corrected chi connectivity index (χ0v) is 14.6. The van der Waals surface area contributed by atoms with Crippen LogP contribution in [0.15, 0.2) is 18.2 Å². The van der Waals surface area contributed by atoms with Gasteiger partial charge in [-0.2, -0.15) is 0 Å². The molecule has 0 bridgehead atoms. The first kappa shape index (κ1) is 15.8. The maximum absolute atomic E-state index is 12.6. The molecular formula is C19H27N3O2. The van der Waals surface area contributed by atoms with Gasteiger partial charge in [-0.05, 0) is 54.9 Å². The first-order valence-corrected chi connectivity index (χ1v) is 9.08. The average molecular weight is 329 g/mol. The minimum Gasteiger partial charge on any atom is -0.508 e. The summed E-state index contributed by atoms with van der Waals surface area (Å²) >= 11 is 0. The molecule has 3 heterocycles. The van der Waals surface area contributed by atoms with Gasteiger partial charge >= 0.3 is 6.03 Å². The highest BCUT2D eigenvalue weighted by atomic mass is 16.3. The topological polar surface area (TPSA) is 47.0 Å². The number of nitrogens with zero attached hydrogens (tertiary/aromatic N) is 3. The number of hydrogen-bond donors (Lipinski definition) is 1. The number of likely N-dealkylation sites (tertiary alicyclic amines) is 1. The SMILES string of the molecule is CN(C)C(=O)N1CCCC2CN3CCc4cc(O)ccc4C3CC21. The number of carbonyl (C=O) groups excluding carboxylic acids is 1. The van der Waals surface area contributed by atoms with Crippen LogP contribution < -0.4 is 0 Å². The van der Waals surface area contributed by atoms with Gasteiger partial charge in [0.05, 0.1) is 0 Å². The largest absolute Gasteiger partial charge is 0.508 e. The predicted octanol–water partition coefficient (Wildman–Crippen LogP) is 2.46. The maximum Gasteiger partial charge on any atom is 0.319 e. The van der Waals surface area contributed by atoms with Crippen LogP contribution in [0.3, 0.4) is 0 Å². The Hall–Kier alpha value is -1.75. The van der Waals surface area contributed by atoms with Crippen molar-refractivity contribution in [3.8, 4) is 5.75 Å². The van der Waals surface area contributed by atoms with Gasteiger partial charge < -0.3 is 14.9 Å². The highest BCUT2D eigenvalue weighted by Gasteiger charge is 2.44. The minimum absolute atomic E-state index is 0.153. The monoisotopic (exact) mass is 329 g/mol. The zero-order valence-electron chi connectivity index (χ0n) is 14.6. The second kappa shape index (κ2) is 5.96. The molecule has 1 N–H and O–H groups in total. The van der Waals surface area contributed by atoms with E-state index < -0.39 is 0 Å². The third-order valence-electron chi connectivity index (χ3n) is 6.08. The summed E-state index contributed by atoms with van der Waals surface area (Å²) in [6, 6.07) is 6.68. The van der Waals surface area contributed by atoms with Crippen molar-refractivity contribution in [1.29, 1.82) is 0 Å². The maximum atomic E-state index is 12.6. The number of phenolic OH excluding ortho intramolecular Hbond substituents is 1. The summed E-state index contributed by atoms with van der Waals surface area (Å²) in [6.07, 6.45) is 4.37. The Balaban J connectivity index is 1.63. The molecule has 2 saturated heterocycles. The quantitative estimate of drug-likeness (QED) is 0.795. The molecule has 2 fully saturated rings. The van der Waals surface area contributed by atoms with E-state index in [9.17, 15) is 9.90 Å². The van der Waals surface area contributed by atoms with Crippen LogP contribution in [0.1, 0.15) is 36.4 Å². The van der Waals surface area contributed by atoms with Crippen molar-refractivity contribution < 1.29 is 9.90 Å². The standard InChI is InChI=1S/C19H27N3O2/c1-20(2)19(24)22-8-3-4-14-12-21-9-7-13-10-15(23)5-6-16(13)18(21)11-17(14)22/h5-6,10,14,17-18,23H,3-4,7-9,11-12H2,1-2H3. The Bertz CT molecular complexity index is 645. The lowest BCUT2D eigenvalue weighted by molar-refractivity contribution is 0.00108. The Morgan fingerprint density at radius 1 is 1.29 bits per heavy atom. The fraction of sp³-hybridized carbons (Fsp3) is 0.632. The molecule has 24 heavy (non-hydrogen) atoms. The van der Waals surface area contributed by atoms with Gasteiger partial charge in [0.15, 0.2) is 0 Å². The number of fused-ring (bicyclic) bond motifs is 4. The van der Waals surface area contributed by atoms with Gasteiger partial charge in [0.25, 0.3) is 0 Å². The van der Waals surface area contributed by atoms with Crippen LogP contribution in [0.4, 0.5) is 4.79 Å². The number of phenols is 1. The molecule has 0 saturated carbocycles. The molecule has 5 heteroatoms. The Labute approximate surface area is 143 Å². The summed E-state index contributed by atoms with van der Waals surface area (Å²) in [7, 11) is 3.69. The molecule has 4 rings (SSSR count). The molecule has 3 atom stereocenters. The number of rotatable bonds is 0. The number of benzene rings is 1. The molecule has 0 spiro atoms. The second-order valence-corrected chi connectivity index (χ2v) is 7.72. The number of piperidine rings is 2. The van der Waals surface area contributed by atoms with Crippen molar-refractivity contribution in [2.45, 2.75) is 37.8 Å². The van der Waals surface area contributed by atoms with E-state index in [1.165, 1.54) is 17.5 Å². The number of carbonyl (C=O) groups is 1. The summed E-state index contributed by atoms with van der Waals surface area (Å²) < 4.78 is 0. The third-order valence-corrected chi connectivity index (χ3v) is 6.08. The molecule has 3 unspecified atom stereocenters. The van der Waals surface area contributed by atoms with Crippen LogP contribution >= 0.6 is 0 Å². The van der Waals surface area contributed by atoms with Crippen molar-refractivity contribution in [1.82, 2.24) is 14.7 Å². The van der Waals surface area contributed by atoms with E-state index in [1.54, 1.807) is 11.0 Å². The van der Waals surface area contributed by atoms with E-state index in [1.807, 2.05) is 20.2 Å². The molecule has 0 aromatic heterocycles. The lowest BCUT2D eigenvalue weighted by atomic mass is 9.76. The first-order valence-electron chi connectivity index (χ1n) is 9.08. The summed E-state index contributed by atoms with van der Waals surface area (Å²) in [5, 5.41) is 9.78. The number of urea groups is 1. The molecule has 1 aromatic carbocycles. The van der Waals surface area contributed by atoms with Gasteiger partial charge in [0, 0.05) is 45.8 Å². The highest BCUT2D eigenvalue weighted by Crippen LogP contribution is 2.43. The molecule has 0 aliphatic carbocycles. The Kier molecular flexibility index (Phi) is 3.91. The van der Waals surface area contributed by atoms with Gasteiger partial charge in [-0.1, -0.05) is 6.07 Å². The average Bonchev–Trinajstić information content (AvgIpc) is 2.58. The van der Waals surface area contributed by atoms with Crippen molar-refractivity contribution in [2.24, 2.45) is 5.92 Å². The van der Waals surface area contributed by atoms with Crippen LogP contribution in [0.2, 0.25) is 0 Å². The fourth-order valence-corrected chi connectivity index (χ4v) is 4.94. The van der Waals surface area contributed by atoms with Crippen LogP contribution in [0.5, 0.6) is 5.75 Å². The molecule has 1 aromatic rings. The van der Waals surface area contributed by atoms with Gasteiger partial charge in [-0.15, -0.1) is 0 Å². The molecule has 0 radical (unpaired) electrons. The molecule has 5 nitrogen and oxygen atoms in total. The Morgan fingerprint density at radius 2 is 2.12 bits per heavy atom. The van der Waals surface area contributed by atoms with E-state index in [0.717, 1.165) is 38.9 Å². The lowest BCUT2D eigenvalue weighted by Gasteiger charge is -2.52. The first-order chi connectivity index (χ1) is 11.5. The van der Waals surface area contributed by atoms with Crippen LogP contribution in [-0.4, -0.2) is 65.6 Å². The van der Waals surface area contributed by atoms with E-state index in [0.29, 0.717) is 23.8 Å². The van der Waals surface area contributed by atoms with E-state index >= 15 is 0 Å². The Morgan fingerprint density at radius 3 is 2.92 bits per heavy atom. The van der Waals surface area contributed by atoms with Crippen molar-refractivity contribution >= 4 is 6.03 Å². The van der Waals surface area contributed by atoms with Crippen LogP contribution in [0, 0.1) is 5.92 Å². The fourth-order valence-electron chi connectivity index (χ4n) is 4.94.